The first-order chi connectivity index (χ1) is 16.2. The van der Waals surface area contributed by atoms with Crippen molar-refractivity contribution in [3.05, 3.63) is 82.2 Å². The number of benzene rings is 2. The Morgan fingerprint density at radius 2 is 1.88 bits per heavy atom. The monoisotopic (exact) mass is 538 g/mol. The van der Waals surface area contributed by atoms with Gasteiger partial charge in [0.15, 0.2) is 11.0 Å². The number of hydrogen-bond acceptors (Lipinski definition) is 5. The lowest BCUT2D eigenvalue weighted by atomic mass is 9.87. The van der Waals surface area contributed by atoms with Crippen LogP contribution in [0.15, 0.2) is 74.9 Å². The summed E-state index contributed by atoms with van der Waals surface area (Å²) in [6, 6.07) is 17.9. The van der Waals surface area contributed by atoms with Crippen molar-refractivity contribution in [1.82, 2.24) is 14.8 Å². The lowest BCUT2D eigenvalue weighted by Gasteiger charge is -2.19. The molecule has 4 aromatic rings. The van der Waals surface area contributed by atoms with Crippen molar-refractivity contribution in [2.45, 2.75) is 44.8 Å². The number of amides is 1. The molecule has 0 aliphatic heterocycles. The number of halogens is 1. The number of rotatable bonds is 7. The van der Waals surface area contributed by atoms with Gasteiger partial charge in [0.1, 0.15) is 5.76 Å². The highest BCUT2D eigenvalue weighted by Crippen LogP contribution is 2.29. The molecule has 0 radical (unpaired) electrons. The van der Waals surface area contributed by atoms with Gasteiger partial charge in [-0.25, -0.2) is 0 Å². The minimum absolute atomic E-state index is 0.0714. The van der Waals surface area contributed by atoms with Crippen LogP contribution in [0.5, 0.6) is 0 Å². The van der Waals surface area contributed by atoms with Crippen LogP contribution < -0.4 is 5.32 Å². The Hall–Kier alpha value is -2.84. The second-order valence-electron chi connectivity index (χ2n) is 9.10. The van der Waals surface area contributed by atoms with Crippen LogP contribution in [0.25, 0.3) is 11.4 Å². The number of anilines is 1. The van der Waals surface area contributed by atoms with E-state index in [1.54, 1.807) is 6.26 Å². The predicted octanol–water partition coefficient (Wildman–Crippen LogP) is 6.69. The van der Waals surface area contributed by atoms with Gasteiger partial charge in [-0.15, -0.1) is 10.2 Å². The number of nitrogens with one attached hydrogen (secondary N) is 1. The van der Waals surface area contributed by atoms with Gasteiger partial charge < -0.3 is 9.73 Å². The topological polar surface area (TPSA) is 73.0 Å². The summed E-state index contributed by atoms with van der Waals surface area (Å²) in [7, 11) is 0. The van der Waals surface area contributed by atoms with Crippen LogP contribution in [0.2, 0.25) is 0 Å². The molecular weight excluding hydrogens is 512 g/mol. The summed E-state index contributed by atoms with van der Waals surface area (Å²) in [5, 5.41) is 12.5. The summed E-state index contributed by atoms with van der Waals surface area (Å²) in [5.41, 5.74) is 4.08. The Kier molecular flexibility index (Phi) is 7.28. The molecule has 2 heterocycles. The van der Waals surface area contributed by atoms with Crippen molar-refractivity contribution in [1.29, 1.82) is 0 Å². The zero-order valence-corrected chi connectivity index (χ0v) is 22.0. The lowest BCUT2D eigenvalue weighted by Crippen LogP contribution is -2.15. The average molecular weight is 539 g/mol. The SMILES string of the molecule is Cc1cc(Br)ccc1NC(=O)CSc1nnc(-c2ccc(C(C)(C)C)cc2)n1Cc1ccco1. The maximum absolute atomic E-state index is 12.6. The number of carbonyl (C=O) groups excluding carboxylic acids is 1. The standard InChI is InChI=1S/C26H27BrN4O2S/c1-17-14-20(27)11-12-22(17)28-23(32)16-34-25-30-29-24(31(25)15-21-6-5-13-33-21)18-7-9-19(10-8-18)26(2,3)4/h5-14H,15-16H2,1-4H3,(H,28,32). The van der Waals surface area contributed by atoms with E-state index < -0.39 is 0 Å². The van der Waals surface area contributed by atoms with E-state index in [-0.39, 0.29) is 17.1 Å². The van der Waals surface area contributed by atoms with Crippen LogP contribution in [0.3, 0.4) is 0 Å². The number of thioether (sulfide) groups is 1. The van der Waals surface area contributed by atoms with Crippen LogP contribution in [0, 0.1) is 6.92 Å². The van der Waals surface area contributed by atoms with Crippen LogP contribution >= 0.6 is 27.7 Å². The Bertz CT molecular complexity index is 1280. The molecule has 176 valence electrons. The van der Waals surface area contributed by atoms with Crippen molar-refractivity contribution in [2.75, 3.05) is 11.1 Å². The first-order valence-corrected chi connectivity index (χ1v) is 12.7. The van der Waals surface area contributed by atoms with Gasteiger partial charge in [-0.1, -0.05) is 72.7 Å². The number of nitrogens with zero attached hydrogens (tertiary/aromatic N) is 3. The molecule has 6 nitrogen and oxygen atoms in total. The highest BCUT2D eigenvalue weighted by atomic mass is 79.9. The molecule has 0 saturated heterocycles. The summed E-state index contributed by atoms with van der Waals surface area (Å²) in [4.78, 5) is 12.6. The van der Waals surface area contributed by atoms with Gasteiger partial charge in [0.05, 0.1) is 18.6 Å². The Balaban J connectivity index is 1.55. The molecule has 0 aliphatic carbocycles. The molecule has 8 heteroatoms. The average Bonchev–Trinajstić information content (AvgIpc) is 3.44. The molecule has 0 saturated carbocycles. The second kappa shape index (κ2) is 10.2. The van der Waals surface area contributed by atoms with E-state index >= 15 is 0 Å². The van der Waals surface area contributed by atoms with E-state index in [2.05, 4.69) is 76.5 Å². The summed E-state index contributed by atoms with van der Waals surface area (Å²) in [5.74, 6) is 1.65. The summed E-state index contributed by atoms with van der Waals surface area (Å²) >= 11 is 4.80. The minimum Gasteiger partial charge on any atom is -0.467 e. The van der Waals surface area contributed by atoms with E-state index in [9.17, 15) is 4.79 Å². The Morgan fingerprint density at radius 1 is 1.12 bits per heavy atom. The molecule has 0 aliphatic rings. The minimum atomic E-state index is -0.0981. The van der Waals surface area contributed by atoms with Gasteiger partial charge in [-0.05, 0) is 53.8 Å². The fourth-order valence-electron chi connectivity index (χ4n) is 3.51. The lowest BCUT2D eigenvalue weighted by molar-refractivity contribution is -0.113. The van der Waals surface area contributed by atoms with Gasteiger partial charge in [0, 0.05) is 15.7 Å². The van der Waals surface area contributed by atoms with E-state index in [1.807, 2.05) is 41.8 Å². The molecule has 2 aromatic carbocycles. The van der Waals surface area contributed by atoms with E-state index in [0.717, 1.165) is 32.9 Å². The normalized spacial score (nSPS) is 11.6. The molecule has 0 bridgehead atoms. The molecule has 34 heavy (non-hydrogen) atoms. The second-order valence-corrected chi connectivity index (χ2v) is 11.0. The van der Waals surface area contributed by atoms with E-state index in [4.69, 9.17) is 4.42 Å². The highest BCUT2D eigenvalue weighted by Gasteiger charge is 2.19. The molecule has 2 aromatic heterocycles. The summed E-state index contributed by atoms with van der Waals surface area (Å²) in [6.07, 6.45) is 1.65. The zero-order chi connectivity index (χ0) is 24.3. The fourth-order valence-corrected chi connectivity index (χ4v) is 4.73. The molecule has 0 spiro atoms. The fraction of sp³-hybridized carbons (Fsp3) is 0.269. The number of aromatic nitrogens is 3. The molecule has 1 N–H and O–H groups in total. The van der Waals surface area contributed by atoms with Crippen LogP contribution in [-0.2, 0) is 16.8 Å². The van der Waals surface area contributed by atoms with E-state index in [0.29, 0.717) is 11.7 Å². The molecule has 1 amide bonds. The van der Waals surface area contributed by atoms with Crippen molar-refractivity contribution in [3.8, 4) is 11.4 Å². The van der Waals surface area contributed by atoms with Gasteiger partial charge >= 0.3 is 0 Å². The van der Waals surface area contributed by atoms with Gasteiger partial charge in [-0.2, -0.15) is 0 Å². The van der Waals surface area contributed by atoms with Crippen LogP contribution in [0.4, 0.5) is 5.69 Å². The van der Waals surface area contributed by atoms with Gasteiger partial charge in [0.2, 0.25) is 5.91 Å². The van der Waals surface area contributed by atoms with Crippen molar-refractivity contribution in [2.24, 2.45) is 0 Å². The third kappa shape index (κ3) is 5.80. The van der Waals surface area contributed by atoms with Crippen LogP contribution in [-0.4, -0.2) is 26.4 Å². The van der Waals surface area contributed by atoms with Crippen LogP contribution in [0.1, 0.15) is 37.7 Å². The van der Waals surface area contributed by atoms with Crippen molar-refractivity contribution in [3.63, 3.8) is 0 Å². The zero-order valence-electron chi connectivity index (χ0n) is 19.6. The third-order valence-electron chi connectivity index (χ3n) is 5.41. The van der Waals surface area contributed by atoms with Crippen molar-refractivity contribution < 1.29 is 9.21 Å². The molecular formula is C26H27BrN4O2S. The molecule has 4 rings (SSSR count). The van der Waals surface area contributed by atoms with Gasteiger partial charge in [0.25, 0.3) is 0 Å². The first kappa shape index (κ1) is 24.3. The molecule has 0 unspecified atom stereocenters. The Labute approximate surface area is 212 Å². The molecule has 0 fully saturated rings. The quantitative estimate of drug-likeness (QED) is 0.265. The first-order valence-electron chi connectivity index (χ1n) is 11.0. The van der Waals surface area contributed by atoms with Gasteiger partial charge in [-0.3, -0.25) is 9.36 Å². The maximum Gasteiger partial charge on any atom is 0.234 e. The van der Waals surface area contributed by atoms with E-state index in [1.165, 1.54) is 17.3 Å². The number of aryl methyl sites for hydroxylation is 1. The van der Waals surface area contributed by atoms with Crippen molar-refractivity contribution >= 4 is 39.3 Å². The molecule has 0 atom stereocenters. The largest absolute Gasteiger partial charge is 0.467 e. The third-order valence-corrected chi connectivity index (χ3v) is 6.87. The smallest absolute Gasteiger partial charge is 0.234 e. The highest BCUT2D eigenvalue weighted by molar-refractivity contribution is 9.10. The summed E-state index contributed by atoms with van der Waals surface area (Å²) in [6.45, 7) is 9.02. The Morgan fingerprint density at radius 3 is 2.53 bits per heavy atom. The predicted molar refractivity (Wildman–Crippen MR) is 140 cm³/mol. The number of furan rings is 1. The number of hydrogen-bond donors (Lipinski definition) is 1. The number of carbonyl (C=O) groups is 1. The maximum atomic E-state index is 12.6. The summed E-state index contributed by atoms with van der Waals surface area (Å²) < 4.78 is 8.55.